The fourth-order valence-electron chi connectivity index (χ4n) is 3.23. The number of esters is 1. The molecular weight excluding hydrogens is 362 g/mol. The van der Waals surface area contributed by atoms with Gasteiger partial charge >= 0.3 is 5.97 Å². The third-order valence-corrected chi connectivity index (χ3v) is 6.01. The number of aryl methyl sites for hydroxylation is 2. The summed E-state index contributed by atoms with van der Waals surface area (Å²) in [6.45, 7) is 5.73. The maximum absolute atomic E-state index is 12.5. The van der Waals surface area contributed by atoms with Gasteiger partial charge in [0.15, 0.2) is 6.10 Å². The van der Waals surface area contributed by atoms with Crippen molar-refractivity contribution in [3.8, 4) is 5.75 Å². The number of benzene rings is 1. The molecule has 0 bridgehead atoms. The largest absolute Gasteiger partial charge is 0.495 e. The van der Waals surface area contributed by atoms with Gasteiger partial charge in [0.2, 0.25) is 0 Å². The SMILES string of the molecule is COc1ccc(C)cc1NC(=O)[C@H](C)OC(=O)c1cc2c(s1)CC[C@@H](C)C2. The molecule has 0 unspecified atom stereocenters. The zero-order chi connectivity index (χ0) is 19.6. The van der Waals surface area contributed by atoms with Crippen LogP contribution in [0.25, 0.3) is 0 Å². The van der Waals surface area contributed by atoms with Crippen LogP contribution in [0, 0.1) is 12.8 Å². The van der Waals surface area contributed by atoms with Gasteiger partial charge in [-0.05, 0) is 68.4 Å². The van der Waals surface area contributed by atoms with Gasteiger partial charge < -0.3 is 14.8 Å². The van der Waals surface area contributed by atoms with E-state index in [0.29, 0.717) is 22.2 Å². The van der Waals surface area contributed by atoms with Crippen LogP contribution in [-0.2, 0) is 22.4 Å². The third-order valence-electron chi connectivity index (χ3n) is 4.80. The van der Waals surface area contributed by atoms with Crippen LogP contribution in [0.3, 0.4) is 0 Å². The standard InChI is InChI=1S/C21H25NO4S/c1-12-6-8-18-15(9-12)11-19(27-18)21(24)26-14(3)20(23)22-16-10-13(2)5-7-17(16)25-4/h5,7,10-12,14H,6,8-9H2,1-4H3,(H,22,23)/t12-,14+/m1/s1. The van der Waals surface area contributed by atoms with Gasteiger partial charge in [0.05, 0.1) is 12.8 Å². The highest BCUT2D eigenvalue weighted by Gasteiger charge is 2.24. The van der Waals surface area contributed by atoms with Crippen molar-refractivity contribution in [1.29, 1.82) is 0 Å². The molecule has 1 aliphatic rings. The minimum Gasteiger partial charge on any atom is -0.495 e. The van der Waals surface area contributed by atoms with Crippen LogP contribution in [0.2, 0.25) is 0 Å². The molecule has 1 aliphatic carbocycles. The maximum Gasteiger partial charge on any atom is 0.349 e. The third kappa shape index (κ3) is 4.50. The summed E-state index contributed by atoms with van der Waals surface area (Å²) in [7, 11) is 1.54. The quantitative estimate of drug-likeness (QED) is 0.774. The lowest BCUT2D eigenvalue weighted by molar-refractivity contribution is -0.123. The molecule has 1 aromatic carbocycles. The Kier molecular flexibility index (Phi) is 5.85. The molecule has 2 atom stereocenters. The molecule has 3 rings (SSSR count). The van der Waals surface area contributed by atoms with E-state index < -0.39 is 12.1 Å². The summed E-state index contributed by atoms with van der Waals surface area (Å²) in [5.74, 6) is 0.376. The van der Waals surface area contributed by atoms with E-state index in [9.17, 15) is 9.59 Å². The summed E-state index contributed by atoms with van der Waals surface area (Å²) >= 11 is 1.48. The van der Waals surface area contributed by atoms with Gasteiger partial charge in [0, 0.05) is 4.88 Å². The fraction of sp³-hybridized carbons (Fsp3) is 0.429. The summed E-state index contributed by atoms with van der Waals surface area (Å²) in [6, 6.07) is 7.43. The first-order chi connectivity index (χ1) is 12.9. The molecule has 144 valence electrons. The molecule has 0 radical (unpaired) electrons. The maximum atomic E-state index is 12.5. The van der Waals surface area contributed by atoms with E-state index in [1.54, 1.807) is 20.1 Å². The first-order valence-electron chi connectivity index (χ1n) is 9.15. The minimum atomic E-state index is -0.902. The number of rotatable bonds is 5. The van der Waals surface area contributed by atoms with Gasteiger partial charge in [-0.3, -0.25) is 4.79 Å². The van der Waals surface area contributed by atoms with Gasteiger partial charge in [-0.15, -0.1) is 11.3 Å². The first-order valence-corrected chi connectivity index (χ1v) is 9.97. The molecule has 6 heteroatoms. The Hall–Kier alpha value is -2.34. The fourth-order valence-corrected chi connectivity index (χ4v) is 4.32. The molecule has 1 N–H and O–H groups in total. The lowest BCUT2D eigenvalue weighted by Crippen LogP contribution is -2.30. The second-order valence-corrected chi connectivity index (χ2v) is 8.28. The number of amides is 1. The van der Waals surface area contributed by atoms with Crippen molar-refractivity contribution in [3.63, 3.8) is 0 Å². The van der Waals surface area contributed by atoms with Crippen LogP contribution in [0.4, 0.5) is 5.69 Å². The number of thiophene rings is 1. The van der Waals surface area contributed by atoms with Crippen molar-refractivity contribution in [3.05, 3.63) is 45.1 Å². The van der Waals surface area contributed by atoms with Crippen molar-refractivity contribution in [1.82, 2.24) is 0 Å². The molecule has 0 fully saturated rings. The van der Waals surface area contributed by atoms with E-state index in [4.69, 9.17) is 9.47 Å². The van der Waals surface area contributed by atoms with Crippen LogP contribution in [-0.4, -0.2) is 25.1 Å². The normalized spacial score (nSPS) is 17.0. The lowest BCUT2D eigenvalue weighted by atomic mass is 9.90. The Morgan fingerprint density at radius 2 is 2.07 bits per heavy atom. The average Bonchev–Trinajstić information content (AvgIpc) is 3.05. The number of carbonyl (C=O) groups excluding carboxylic acids is 2. The van der Waals surface area contributed by atoms with Crippen molar-refractivity contribution in [2.75, 3.05) is 12.4 Å². The average molecular weight is 388 g/mol. The summed E-state index contributed by atoms with van der Waals surface area (Å²) in [4.78, 5) is 26.8. The highest BCUT2D eigenvalue weighted by molar-refractivity contribution is 7.14. The van der Waals surface area contributed by atoms with E-state index in [1.807, 2.05) is 25.1 Å². The molecule has 0 aliphatic heterocycles. The number of hydrogen-bond acceptors (Lipinski definition) is 5. The summed E-state index contributed by atoms with van der Waals surface area (Å²) < 4.78 is 10.7. The Labute approximate surface area is 163 Å². The van der Waals surface area contributed by atoms with E-state index in [2.05, 4.69) is 12.2 Å². The van der Waals surface area contributed by atoms with Crippen LogP contribution in [0.1, 0.15) is 45.9 Å². The van der Waals surface area contributed by atoms with Crippen LogP contribution < -0.4 is 10.1 Å². The van der Waals surface area contributed by atoms with E-state index >= 15 is 0 Å². The van der Waals surface area contributed by atoms with Gasteiger partial charge in [-0.25, -0.2) is 4.79 Å². The highest BCUT2D eigenvalue weighted by Crippen LogP contribution is 2.32. The molecule has 27 heavy (non-hydrogen) atoms. The monoisotopic (exact) mass is 387 g/mol. The summed E-state index contributed by atoms with van der Waals surface area (Å²) in [5, 5.41) is 2.78. The second kappa shape index (κ2) is 8.13. The van der Waals surface area contributed by atoms with Crippen molar-refractivity contribution in [2.24, 2.45) is 5.92 Å². The van der Waals surface area contributed by atoms with E-state index in [-0.39, 0.29) is 5.91 Å². The molecule has 1 heterocycles. The number of hydrogen-bond donors (Lipinski definition) is 1. The Balaban J connectivity index is 1.65. The van der Waals surface area contributed by atoms with Gasteiger partial charge in [-0.1, -0.05) is 13.0 Å². The smallest absolute Gasteiger partial charge is 0.349 e. The van der Waals surface area contributed by atoms with Crippen molar-refractivity contribution < 1.29 is 19.1 Å². The predicted molar refractivity (Wildman–Crippen MR) is 107 cm³/mol. The molecule has 2 aromatic rings. The lowest BCUT2D eigenvalue weighted by Gasteiger charge is -2.16. The van der Waals surface area contributed by atoms with Crippen molar-refractivity contribution in [2.45, 2.75) is 46.1 Å². The number of methoxy groups -OCH3 is 1. The Morgan fingerprint density at radius 1 is 1.30 bits per heavy atom. The summed E-state index contributed by atoms with van der Waals surface area (Å²) in [6.07, 6.45) is 2.26. The zero-order valence-electron chi connectivity index (χ0n) is 16.1. The van der Waals surface area contributed by atoms with Gasteiger partial charge in [0.25, 0.3) is 5.91 Å². The minimum absolute atomic E-state index is 0.387. The number of ether oxygens (including phenoxy) is 2. The molecule has 1 aromatic heterocycles. The van der Waals surface area contributed by atoms with E-state index in [1.165, 1.54) is 21.8 Å². The van der Waals surface area contributed by atoms with Crippen molar-refractivity contribution >= 4 is 28.9 Å². The number of fused-ring (bicyclic) bond motifs is 1. The molecule has 1 amide bonds. The second-order valence-electron chi connectivity index (χ2n) is 7.15. The van der Waals surface area contributed by atoms with Gasteiger partial charge in [0.1, 0.15) is 10.6 Å². The predicted octanol–water partition coefficient (Wildman–Crippen LogP) is 4.37. The molecular formula is C21H25NO4S. The molecule has 0 spiro atoms. The first kappa shape index (κ1) is 19.4. The molecule has 0 saturated carbocycles. The summed E-state index contributed by atoms with van der Waals surface area (Å²) in [5.41, 5.74) is 2.80. The Bertz CT molecular complexity index is 858. The van der Waals surface area contributed by atoms with E-state index in [0.717, 1.165) is 24.8 Å². The van der Waals surface area contributed by atoms with Gasteiger partial charge in [-0.2, -0.15) is 0 Å². The van der Waals surface area contributed by atoms with Crippen LogP contribution in [0.15, 0.2) is 24.3 Å². The number of carbonyl (C=O) groups is 2. The number of anilines is 1. The zero-order valence-corrected chi connectivity index (χ0v) is 16.9. The Morgan fingerprint density at radius 3 is 2.81 bits per heavy atom. The highest BCUT2D eigenvalue weighted by atomic mass is 32.1. The molecule has 5 nitrogen and oxygen atoms in total. The topological polar surface area (TPSA) is 64.6 Å². The molecule has 0 saturated heterocycles. The number of nitrogens with one attached hydrogen (secondary N) is 1. The van der Waals surface area contributed by atoms with Crippen LogP contribution >= 0.6 is 11.3 Å². The van der Waals surface area contributed by atoms with Crippen LogP contribution in [0.5, 0.6) is 5.75 Å².